The SMILES string of the molecule is CC(=O)Nc1ccc(O)c(-c2cc(C3CCCC3)n(C(=O)NC(C)C)n2)c1. The van der Waals surface area contributed by atoms with E-state index >= 15 is 0 Å². The maximum absolute atomic E-state index is 12.6. The molecule has 0 aliphatic heterocycles. The average Bonchev–Trinajstić information content (AvgIpc) is 3.24. The van der Waals surface area contributed by atoms with Gasteiger partial charge in [-0.1, -0.05) is 12.8 Å². The minimum absolute atomic E-state index is 0.00178. The first kappa shape index (κ1) is 18.9. The summed E-state index contributed by atoms with van der Waals surface area (Å²) in [6.45, 7) is 5.23. The summed E-state index contributed by atoms with van der Waals surface area (Å²) < 4.78 is 1.43. The summed E-state index contributed by atoms with van der Waals surface area (Å²) in [4.78, 5) is 24.0. The lowest BCUT2D eigenvalue weighted by molar-refractivity contribution is -0.114. The molecular formula is C20H26N4O3. The third kappa shape index (κ3) is 4.30. The highest BCUT2D eigenvalue weighted by molar-refractivity contribution is 5.90. The van der Waals surface area contributed by atoms with E-state index in [1.165, 1.54) is 17.7 Å². The number of anilines is 1. The molecule has 0 atom stereocenters. The molecule has 3 rings (SSSR count). The smallest absolute Gasteiger partial charge is 0.342 e. The molecule has 0 saturated heterocycles. The van der Waals surface area contributed by atoms with Gasteiger partial charge in [0.15, 0.2) is 0 Å². The zero-order valence-corrected chi connectivity index (χ0v) is 16.0. The van der Waals surface area contributed by atoms with Gasteiger partial charge in [0.05, 0.1) is 11.4 Å². The predicted molar refractivity (Wildman–Crippen MR) is 104 cm³/mol. The second kappa shape index (κ2) is 7.82. The third-order valence-corrected chi connectivity index (χ3v) is 4.71. The lowest BCUT2D eigenvalue weighted by atomic mass is 10.0. The quantitative estimate of drug-likeness (QED) is 0.713. The van der Waals surface area contributed by atoms with Crippen LogP contribution in [0, 0.1) is 0 Å². The van der Waals surface area contributed by atoms with E-state index in [4.69, 9.17) is 0 Å². The van der Waals surface area contributed by atoms with Crippen molar-refractivity contribution in [2.45, 2.75) is 58.4 Å². The minimum atomic E-state index is -0.268. The molecule has 1 aromatic heterocycles. The van der Waals surface area contributed by atoms with Gasteiger partial charge in [-0.25, -0.2) is 4.79 Å². The lowest BCUT2D eigenvalue weighted by Gasteiger charge is -2.13. The van der Waals surface area contributed by atoms with Gasteiger partial charge in [0.2, 0.25) is 5.91 Å². The van der Waals surface area contributed by atoms with Gasteiger partial charge in [-0.15, -0.1) is 0 Å². The Hall–Kier alpha value is -2.83. The van der Waals surface area contributed by atoms with Gasteiger partial charge in [-0.3, -0.25) is 4.79 Å². The number of rotatable bonds is 4. The molecule has 7 nitrogen and oxygen atoms in total. The average molecular weight is 370 g/mol. The largest absolute Gasteiger partial charge is 0.507 e. The molecule has 1 heterocycles. The fourth-order valence-electron chi connectivity index (χ4n) is 3.53. The maximum atomic E-state index is 12.6. The molecule has 1 fully saturated rings. The van der Waals surface area contributed by atoms with Gasteiger partial charge in [0.25, 0.3) is 0 Å². The van der Waals surface area contributed by atoms with Crippen molar-refractivity contribution in [1.29, 1.82) is 0 Å². The van der Waals surface area contributed by atoms with Gasteiger partial charge < -0.3 is 15.7 Å². The van der Waals surface area contributed by atoms with Gasteiger partial charge in [0, 0.05) is 30.1 Å². The van der Waals surface area contributed by atoms with Crippen molar-refractivity contribution in [3.05, 3.63) is 30.0 Å². The normalized spacial score (nSPS) is 14.5. The number of phenols is 1. The number of amides is 2. The topological polar surface area (TPSA) is 96.2 Å². The van der Waals surface area contributed by atoms with E-state index in [0.29, 0.717) is 16.9 Å². The van der Waals surface area contributed by atoms with Gasteiger partial charge in [-0.05, 0) is 51.0 Å². The summed E-state index contributed by atoms with van der Waals surface area (Å²) in [7, 11) is 0. The van der Waals surface area contributed by atoms with Crippen LogP contribution in [-0.2, 0) is 4.79 Å². The molecule has 2 amide bonds. The number of hydrogen-bond acceptors (Lipinski definition) is 4. The minimum Gasteiger partial charge on any atom is -0.507 e. The molecule has 0 radical (unpaired) electrons. The number of benzene rings is 1. The van der Waals surface area contributed by atoms with Crippen LogP contribution in [0.3, 0.4) is 0 Å². The van der Waals surface area contributed by atoms with Crippen molar-refractivity contribution in [1.82, 2.24) is 15.1 Å². The van der Waals surface area contributed by atoms with Gasteiger partial charge in [-0.2, -0.15) is 9.78 Å². The van der Waals surface area contributed by atoms with E-state index in [1.807, 2.05) is 19.9 Å². The van der Waals surface area contributed by atoms with Crippen LogP contribution in [0.15, 0.2) is 24.3 Å². The van der Waals surface area contributed by atoms with Crippen LogP contribution in [0.2, 0.25) is 0 Å². The number of nitrogens with zero attached hydrogens (tertiary/aromatic N) is 2. The third-order valence-electron chi connectivity index (χ3n) is 4.71. The van der Waals surface area contributed by atoms with Crippen LogP contribution in [0.1, 0.15) is 58.1 Å². The van der Waals surface area contributed by atoms with E-state index in [9.17, 15) is 14.7 Å². The Morgan fingerprint density at radius 1 is 1.22 bits per heavy atom. The van der Waals surface area contributed by atoms with Crippen LogP contribution in [0.5, 0.6) is 5.75 Å². The Morgan fingerprint density at radius 2 is 1.93 bits per heavy atom. The van der Waals surface area contributed by atoms with Crippen molar-refractivity contribution in [3.63, 3.8) is 0 Å². The van der Waals surface area contributed by atoms with Crippen LogP contribution in [-0.4, -0.2) is 32.9 Å². The zero-order valence-electron chi connectivity index (χ0n) is 16.0. The van der Waals surface area contributed by atoms with Crippen molar-refractivity contribution >= 4 is 17.6 Å². The molecule has 1 aliphatic carbocycles. The van der Waals surface area contributed by atoms with Crippen molar-refractivity contribution in [2.24, 2.45) is 0 Å². The van der Waals surface area contributed by atoms with E-state index in [2.05, 4.69) is 15.7 Å². The highest BCUT2D eigenvalue weighted by Gasteiger charge is 2.26. The summed E-state index contributed by atoms with van der Waals surface area (Å²) in [5.41, 5.74) is 2.43. The molecule has 27 heavy (non-hydrogen) atoms. The summed E-state index contributed by atoms with van der Waals surface area (Å²) >= 11 is 0. The molecule has 0 bridgehead atoms. The summed E-state index contributed by atoms with van der Waals surface area (Å²) in [6.07, 6.45) is 4.33. The van der Waals surface area contributed by atoms with E-state index < -0.39 is 0 Å². The highest BCUT2D eigenvalue weighted by atomic mass is 16.3. The lowest BCUT2D eigenvalue weighted by Crippen LogP contribution is -2.35. The molecule has 1 aliphatic rings. The molecule has 1 aromatic carbocycles. The van der Waals surface area contributed by atoms with Crippen LogP contribution in [0.4, 0.5) is 10.5 Å². The summed E-state index contributed by atoms with van der Waals surface area (Å²) in [6, 6.07) is 6.42. The standard InChI is InChI=1S/C20H26N4O3/c1-12(2)21-20(27)24-18(14-6-4-5-7-14)11-17(23-24)16-10-15(22-13(3)25)8-9-19(16)26/h8-12,14,26H,4-7H2,1-3H3,(H,21,27)(H,22,25). The monoisotopic (exact) mass is 370 g/mol. The van der Waals surface area contributed by atoms with E-state index in [1.54, 1.807) is 12.1 Å². The second-order valence-electron chi connectivity index (χ2n) is 7.36. The Labute approximate surface area is 158 Å². The Morgan fingerprint density at radius 3 is 2.56 bits per heavy atom. The fraction of sp³-hybridized carbons (Fsp3) is 0.450. The van der Waals surface area contributed by atoms with Crippen LogP contribution in [0.25, 0.3) is 11.3 Å². The Balaban J connectivity index is 2.03. The molecule has 0 spiro atoms. The van der Waals surface area contributed by atoms with Gasteiger partial charge >= 0.3 is 6.03 Å². The maximum Gasteiger partial charge on any atom is 0.342 e. The van der Waals surface area contributed by atoms with Crippen molar-refractivity contribution < 1.29 is 14.7 Å². The molecule has 3 N–H and O–H groups in total. The first-order valence-electron chi connectivity index (χ1n) is 9.37. The van der Waals surface area contributed by atoms with E-state index in [0.717, 1.165) is 31.4 Å². The molecule has 7 heteroatoms. The molecule has 0 unspecified atom stereocenters. The number of aromatic hydroxyl groups is 1. The first-order valence-corrected chi connectivity index (χ1v) is 9.37. The van der Waals surface area contributed by atoms with Crippen LogP contribution < -0.4 is 10.6 Å². The Kier molecular flexibility index (Phi) is 5.48. The zero-order chi connectivity index (χ0) is 19.6. The first-order chi connectivity index (χ1) is 12.8. The number of phenolic OH excluding ortho intramolecular Hbond substituents is 1. The number of hydrogen-bond donors (Lipinski definition) is 3. The molecule has 2 aromatic rings. The second-order valence-corrected chi connectivity index (χ2v) is 7.36. The van der Waals surface area contributed by atoms with Crippen molar-refractivity contribution in [3.8, 4) is 17.0 Å². The van der Waals surface area contributed by atoms with E-state index in [-0.39, 0.29) is 29.6 Å². The number of carbonyl (C=O) groups is 2. The summed E-state index contributed by atoms with van der Waals surface area (Å²) in [5, 5.41) is 20.4. The number of aromatic nitrogens is 2. The molecule has 144 valence electrons. The highest BCUT2D eigenvalue weighted by Crippen LogP contribution is 2.38. The predicted octanol–water partition coefficient (Wildman–Crippen LogP) is 3.84. The molecular weight excluding hydrogens is 344 g/mol. The molecule has 1 saturated carbocycles. The fourth-order valence-corrected chi connectivity index (χ4v) is 3.53. The van der Waals surface area contributed by atoms with Crippen molar-refractivity contribution in [2.75, 3.05) is 5.32 Å². The van der Waals surface area contributed by atoms with Crippen LogP contribution >= 0.6 is 0 Å². The summed E-state index contributed by atoms with van der Waals surface area (Å²) in [5.74, 6) is 0.140. The number of nitrogens with one attached hydrogen (secondary N) is 2. The number of carbonyl (C=O) groups excluding carboxylic acids is 2. The van der Waals surface area contributed by atoms with Gasteiger partial charge in [0.1, 0.15) is 5.75 Å². The Bertz CT molecular complexity index is 851.